The topological polar surface area (TPSA) is 12.9 Å². The molecule has 1 heterocycles. The first kappa shape index (κ1) is 11.3. The van der Waals surface area contributed by atoms with Crippen LogP contribution < -0.4 is 0 Å². The Hall–Kier alpha value is -1.15. The lowest BCUT2D eigenvalue weighted by atomic mass is 9.91. The van der Waals surface area contributed by atoms with E-state index in [2.05, 4.69) is 25.8 Å². The van der Waals surface area contributed by atoms with E-state index in [0.717, 1.165) is 11.1 Å². The van der Waals surface area contributed by atoms with Crippen molar-refractivity contribution < 1.29 is 4.39 Å². The van der Waals surface area contributed by atoms with E-state index in [0.29, 0.717) is 10.5 Å². The third-order valence-corrected chi connectivity index (χ3v) is 2.80. The molecule has 0 amide bonds. The standard InChI is InChI=1S/C13H13ClFN/c1-13(2,3)12-7-10(14)9-5-4-8(15)6-11(9)16-12/h4-7H,1-3H3. The van der Waals surface area contributed by atoms with Crippen molar-refractivity contribution in [3.05, 3.63) is 40.8 Å². The molecule has 0 aliphatic carbocycles. The van der Waals surface area contributed by atoms with E-state index in [9.17, 15) is 4.39 Å². The van der Waals surface area contributed by atoms with Gasteiger partial charge in [0.1, 0.15) is 5.82 Å². The van der Waals surface area contributed by atoms with Gasteiger partial charge in [-0.1, -0.05) is 32.4 Å². The molecule has 0 N–H and O–H groups in total. The van der Waals surface area contributed by atoms with Gasteiger partial charge in [0.2, 0.25) is 0 Å². The molecule has 84 valence electrons. The summed E-state index contributed by atoms with van der Waals surface area (Å²) in [6.45, 7) is 6.16. The van der Waals surface area contributed by atoms with E-state index in [4.69, 9.17) is 11.6 Å². The number of fused-ring (bicyclic) bond motifs is 1. The molecule has 0 saturated carbocycles. The van der Waals surface area contributed by atoms with Gasteiger partial charge in [0.25, 0.3) is 0 Å². The molecule has 0 aliphatic heterocycles. The number of halogens is 2. The average molecular weight is 238 g/mol. The van der Waals surface area contributed by atoms with Gasteiger partial charge in [-0.3, -0.25) is 4.98 Å². The maximum absolute atomic E-state index is 13.1. The van der Waals surface area contributed by atoms with Gasteiger partial charge >= 0.3 is 0 Å². The predicted octanol–water partition coefficient (Wildman–Crippen LogP) is 4.32. The molecule has 16 heavy (non-hydrogen) atoms. The van der Waals surface area contributed by atoms with Crippen LogP contribution in [-0.4, -0.2) is 4.98 Å². The molecule has 0 saturated heterocycles. The molecule has 3 heteroatoms. The monoisotopic (exact) mass is 237 g/mol. The Morgan fingerprint density at radius 3 is 2.50 bits per heavy atom. The molecule has 0 bridgehead atoms. The molecule has 1 aromatic carbocycles. The number of hydrogen-bond donors (Lipinski definition) is 0. The van der Waals surface area contributed by atoms with Crippen molar-refractivity contribution in [3.63, 3.8) is 0 Å². The van der Waals surface area contributed by atoms with Crippen molar-refractivity contribution in [2.45, 2.75) is 26.2 Å². The van der Waals surface area contributed by atoms with E-state index in [1.807, 2.05) is 6.07 Å². The minimum atomic E-state index is -0.290. The molecule has 2 aromatic rings. The summed E-state index contributed by atoms with van der Waals surface area (Å²) in [5, 5.41) is 1.41. The Morgan fingerprint density at radius 1 is 1.19 bits per heavy atom. The summed E-state index contributed by atoms with van der Waals surface area (Å²) in [6, 6.07) is 6.32. The van der Waals surface area contributed by atoms with Gasteiger partial charge < -0.3 is 0 Å². The second-order valence-corrected chi connectivity index (χ2v) is 5.31. The average Bonchev–Trinajstić information content (AvgIpc) is 2.15. The van der Waals surface area contributed by atoms with Gasteiger partial charge in [-0.05, 0) is 18.2 Å². The number of aromatic nitrogens is 1. The molecule has 0 spiro atoms. The number of hydrogen-bond acceptors (Lipinski definition) is 1. The molecule has 0 radical (unpaired) electrons. The van der Waals surface area contributed by atoms with E-state index >= 15 is 0 Å². The maximum Gasteiger partial charge on any atom is 0.125 e. The number of pyridine rings is 1. The van der Waals surface area contributed by atoms with Crippen LogP contribution in [-0.2, 0) is 5.41 Å². The van der Waals surface area contributed by atoms with Crippen LogP contribution in [0, 0.1) is 5.82 Å². The summed E-state index contributed by atoms with van der Waals surface area (Å²) >= 11 is 6.16. The Bertz CT molecular complexity index is 543. The van der Waals surface area contributed by atoms with Gasteiger partial charge in [0.15, 0.2) is 0 Å². The highest BCUT2D eigenvalue weighted by molar-refractivity contribution is 6.35. The Balaban J connectivity index is 2.75. The van der Waals surface area contributed by atoms with Crippen LogP contribution in [0.4, 0.5) is 4.39 Å². The van der Waals surface area contributed by atoms with Crippen LogP contribution >= 0.6 is 11.6 Å². The number of rotatable bonds is 0. The minimum Gasteiger partial charge on any atom is -0.252 e. The highest BCUT2D eigenvalue weighted by Gasteiger charge is 2.17. The highest BCUT2D eigenvalue weighted by Crippen LogP contribution is 2.29. The molecule has 0 aliphatic rings. The molecule has 0 unspecified atom stereocenters. The van der Waals surface area contributed by atoms with Crippen molar-refractivity contribution in [2.24, 2.45) is 0 Å². The van der Waals surface area contributed by atoms with Crippen molar-refractivity contribution in [1.29, 1.82) is 0 Å². The molecule has 1 nitrogen and oxygen atoms in total. The first-order chi connectivity index (χ1) is 7.38. The second kappa shape index (κ2) is 3.70. The molecule has 1 aromatic heterocycles. The fraction of sp³-hybridized carbons (Fsp3) is 0.308. The quantitative estimate of drug-likeness (QED) is 0.665. The zero-order chi connectivity index (χ0) is 11.9. The summed E-state index contributed by atoms with van der Waals surface area (Å²) in [6.07, 6.45) is 0. The number of nitrogens with zero attached hydrogens (tertiary/aromatic N) is 1. The third-order valence-electron chi connectivity index (χ3n) is 2.49. The van der Waals surface area contributed by atoms with E-state index in [1.54, 1.807) is 6.07 Å². The van der Waals surface area contributed by atoms with Crippen LogP contribution in [0.25, 0.3) is 10.9 Å². The Kier molecular flexibility index (Phi) is 2.62. The lowest BCUT2D eigenvalue weighted by Gasteiger charge is -2.18. The predicted molar refractivity (Wildman–Crippen MR) is 65.4 cm³/mol. The molecule has 2 rings (SSSR count). The third kappa shape index (κ3) is 2.03. The van der Waals surface area contributed by atoms with Gasteiger partial charge in [-0.25, -0.2) is 4.39 Å². The first-order valence-corrected chi connectivity index (χ1v) is 5.52. The van der Waals surface area contributed by atoms with E-state index < -0.39 is 0 Å². The summed E-state index contributed by atoms with van der Waals surface area (Å²) in [4.78, 5) is 4.44. The second-order valence-electron chi connectivity index (χ2n) is 4.90. The van der Waals surface area contributed by atoms with Crippen LogP contribution in [0.3, 0.4) is 0 Å². The largest absolute Gasteiger partial charge is 0.252 e. The molecular weight excluding hydrogens is 225 g/mol. The van der Waals surface area contributed by atoms with Gasteiger partial charge in [0, 0.05) is 22.6 Å². The van der Waals surface area contributed by atoms with Crippen molar-refractivity contribution in [1.82, 2.24) is 4.98 Å². The maximum atomic E-state index is 13.1. The van der Waals surface area contributed by atoms with E-state index in [-0.39, 0.29) is 11.2 Å². The lowest BCUT2D eigenvalue weighted by Crippen LogP contribution is -2.13. The fourth-order valence-corrected chi connectivity index (χ4v) is 1.81. The zero-order valence-electron chi connectivity index (χ0n) is 9.51. The van der Waals surface area contributed by atoms with Gasteiger partial charge in [-0.2, -0.15) is 0 Å². The van der Waals surface area contributed by atoms with Gasteiger partial charge in [0.05, 0.1) is 10.5 Å². The fourth-order valence-electron chi connectivity index (χ4n) is 1.54. The summed E-state index contributed by atoms with van der Waals surface area (Å²) in [5.74, 6) is -0.290. The van der Waals surface area contributed by atoms with Crippen LogP contribution in [0.15, 0.2) is 24.3 Å². The van der Waals surface area contributed by atoms with E-state index in [1.165, 1.54) is 12.1 Å². The highest BCUT2D eigenvalue weighted by atomic mass is 35.5. The normalized spacial score (nSPS) is 12.1. The zero-order valence-corrected chi connectivity index (χ0v) is 10.3. The molecule has 0 atom stereocenters. The summed E-state index contributed by atoms with van der Waals surface area (Å²) in [5.41, 5.74) is 1.39. The first-order valence-electron chi connectivity index (χ1n) is 5.14. The van der Waals surface area contributed by atoms with Crippen molar-refractivity contribution in [3.8, 4) is 0 Å². The summed E-state index contributed by atoms with van der Waals surface area (Å²) in [7, 11) is 0. The van der Waals surface area contributed by atoms with Crippen LogP contribution in [0.1, 0.15) is 26.5 Å². The summed E-state index contributed by atoms with van der Waals surface area (Å²) < 4.78 is 13.1. The lowest BCUT2D eigenvalue weighted by molar-refractivity contribution is 0.571. The molecule has 0 fully saturated rings. The Labute approximate surface area is 99.3 Å². The minimum absolute atomic E-state index is 0.0931. The van der Waals surface area contributed by atoms with Gasteiger partial charge in [-0.15, -0.1) is 0 Å². The number of benzene rings is 1. The van der Waals surface area contributed by atoms with Crippen LogP contribution in [0.2, 0.25) is 5.02 Å². The van der Waals surface area contributed by atoms with Crippen molar-refractivity contribution in [2.75, 3.05) is 0 Å². The van der Waals surface area contributed by atoms with Crippen LogP contribution in [0.5, 0.6) is 0 Å². The molecular formula is C13H13ClFN. The Morgan fingerprint density at radius 2 is 1.88 bits per heavy atom. The smallest absolute Gasteiger partial charge is 0.125 e. The van der Waals surface area contributed by atoms with Crippen molar-refractivity contribution >= 4 is 22.5 Å². The SMILES string of the molecule is CC(C)(C)c1cc(Cl)c2ccc(F)cc2n1.